The third-order valence-corrected chi connectivity index (χ3v) is 14.4. The summed E-state index contributed by atoms with van der Waals surface area (Å²) in [6, 6.07) is 0. The van der Waals surface area contributed by atoms with Crippen LogP contribution in [0.5, 0.6) is 0 Å². The number of ether oxygens (including phenoxy) is 4. The second-order valence-electron chi connectivity index (χ2n) is 17.3. The van der Waals surface area contributed by atoms with Crippen LogP contribution >= 0.6 is 0 Å². The molecule has 0 radical (unpaired) electrons. The Kier molecular flexibility index (Phi) is 8.50. The molecule has 13 atom stereocenters. The van der Waals surface area contributed by atoms with E-state index in [1.807, 2.05) is 0 Å². The normalized spacial score (nSPS) is 46.1. The highest BCUT2D eigenvalue weighted by molar-refractivity contribution is 5.97. The van der Waals surface area contributed by atoms with E-state index in [2.05, 4.69) is 27.7 Å². The van der Waals surface area contributed by atoms with E-state index in [9.17, 15) is 29.4 Å². The number of hydrogen-bond donors (Lipinski definition) is 3. The first-order chi connectivity index (χ1) is 21.9. The SMILES string of the molecule is CC(=O)OC(C1CC(C)C2C(O1)C(=O)C1(N)C3CCC4C(C)(C)C(OC(OCC=O)C(=O)CO)CCC45CC35CCC21C)C(C)(C)O. The van der Waals surface area contributed by atoms with Crippen molar-refractivity contribution in [3.8, 4) is 0 Å². The number of esters is 1. The summed E-state index contributed by atoms with van der Waals surface area (Å²) < 4.78 is 23.8. The van der Waals surface area contributed by atoms with E-state index in [-0.39, 0.29) is 58.4 Å². The number of rotatable bonds is 10. The molecular weight excluding hydrogens is 606 g/mol. The molecule has 0 amide bonds. The van der Waals surface area contributed by atoms with Gasteiger partial charge in [-0.05, 0) is 105 Å². The van der Waals surface area contributed by atoms with Gasteiger partial charge >= 0.3 is 5.97 Å². The van der Waals surface area contributed by atoms with Gasteiger partial charge in [0.2, 0.25) is 12.1 Å². The summed E-state index contributed by atoms with van der Waals surface area (Å²) in [5.74, 6) is -0.875. The second kappa shape index (κ2) is 11.4. The predicted octanol–water partition coefficient (Wildman–Crippen LogP) is 2.89. The minimum Gasteiger partial charge on any atom is -0.457 e. The number of aliphatic hydroxyl groups is 2. The van der Waals surface area contributed by atoms with Gasteiger partial charge in [-0.1, -0.05) is 27.7 Å². The van der Waals surface area contributed by atoms with Gasteiger partial charge in [0.25, 0.3) is 0 Å². The quantitative estimate of drug-likeness (QED) is 0.179. The standard InChI is InChI=1S/C36H55NO10/c1-19-16-22(29(32(5,6)43)45-20(2)40)46-27-26(19)33(7)12-13-35-18-34(35)11-10-25(47-30(21(41)17-39)44-15-14-38)31(3,4)23(34)8-9-24(35)36(33,37)28(27)42/h14,19,22-27,29-30,39,43H,8-13,15-18,37H2,1-7H3. The number of nitrogens with two attached hydrogens (primary N) is 1. The molecular formula is C36H55NO10. The highest BCUT2D eigenvalue weighted by Crippen LogP contribution is 2.87. The van der Waals surface area contributed by atoms with Crippen molar-refractivity contribution in [2.75, 3.05) is 13.2 Å². The summed E-state index contributed by atoms with van der Waals surface area (Å²) in [6.07, 6.45) is 3.33. The molecule has 2 spiro atoms. The smallest absolute Gasteiger partial charge is 0.303 e. The van der Waals surface area contributed by atoms with E-state index in [1.165, 1.54) is 6.92 Å². The number of aliphatic hydroxyl groups excluding tert-OH is 1. The fourth-order valence-electron chi connectivity index (χ4n) is 12.5. The fourth-order valence-corrected chi connectivity index (χ4v) is 12.5. The zero-order valence-corrected chi connectivity index (χ0v) is 29.1. The van der Waals surface area contributed by atoms with Crippen LogP contribution in [0.25, 0.3) is 0 Å². The van der Waals surface area contributed by atoms with Gasteiger partial charge in [0.1, 0.15) is 25.6 Å². The van der Waals surface area contributed by atoms with Gasteiger partial charge in [-0.25, -0.2) is 0 Å². The predicted molar refractivity (Wildman–Crippen MR) is 169 cm³/mol. The van der Waals surface area contributed by atoms with Crippen molar-refractivity contribution in [3.05, 3.63) is 0 Å². The van der Waals surface area contributed by atoms with Crippen LogP contribution in [0.3, 0.4) is 0 Å². The topological polar surface area (TPSA) is 172 Å². The molecule has 264 valence electrons. The lowest BCUT2D eigenvalue weighted by Crippen LogP contribution is -2.69. The molecule has 13 unspecified atom stereocenters. The Morgan fingerprint density at radius 2 is 1.77 bits per heavy atom. The summed E-state index contributed by atoms with van der Waals surface area (Å²) in [5, 5.41) is 20.4. The third-order valence-electron chi connectivity index (χ3n) is 14.4. The van der Waals surface area contributed by atoms with Crippen LogP contribution in [0.15, 0.2) is 0 Å². The maximum atomic E-state index is 14.8. The molecule has 4 N–H and O–H groups in total. The monoisotopic (exact) mass is 661 g/mol. The first kappa shape index (κ1) is 35.1. The number of fused-ring (bicyclic) bond motifs is 4. The molecule has 11 heteroatoms. The van der Waals surface area contributed by atoms with Crippen LogP contribution in [0, 0.1) is 45.3 Å². The number of aldehydes is 1. The van der Waals surface area contributed by atoms with Crippen molar-refractivity contribution < 1.29 is 48.3 Å². The minimum atomic E-state index is -1.36. The number of Topliss-reactive ketones (excluding diaryl/α,β-unsaturated/α-hetero) is 2. The highest BCUT2D eigenvalue weighted by Gasteiger charge is 2.85. The van der Waals surface area contributed by atoms with Crippen molar-refractivity contribution in [2.24, 2.45) is 51.1 Å². The molecule has 0 aromatic carbocycles. The molecule has 0 aromatic rings. The molecule has 5 aliphatic carbocycles. The summed E-state index contributed by atoms with van der Waals surface area (Å²) in [4.78, 5) is 50.2. The van der Waals surface area contributed by atoms with Crippen LogP contribution in [0.2, 0.25) is 0 Å². The van der Waals surface area contributed by atoms with Crippen molar-refractivity contribution in [1.82, 2.24) is 0 Å². The molecule has 0 aromatic heterocycles. The van der Waals surface area contributed by atoms with Crippen molar-refractivity contribution in [3.63, 3.8) is 0 Å². The molecule has 1 saturated heterocycles. The third kappa shape index (κ3) is 4.80. The van der Waals surface area contributed by atoms with Gasteiger partial charge in [-0.15, -0.1) is 0 Å². The Hall–Kier alpha value is -1.76. The van der Waals surface area contributed by atoms with E-state index in [1.54, 1.807) is 13.8 Å². The Bertz CT molecular complexity index is 1310. The zero-order chi connectivity index (χ0) is 34.5. The molecule has 0 bridgehead atoms. The lowest BCUT2D eigenvalue weighted by molar-refractivity contribution is -0.224. The van der Waals surface area contributed by atoms with Crippen LogP contribution in [-0.4, -0.2) is 89.1 Å². The lowest BCUT2D eigenvalue weighted by Gasteiger charge is -2.62. The van der Waals surface area contributed by atoms with Crippen LogP contribution in [-0.2, 0) is 38.1 Å². The highest BCUT2D eigenvalue weighted by atomic mass is 16.7. The first-order valence-electron chi connectivity index (χ1n) is 17.6. The van der Waals surface area contributed by atoms with E-state index in [4.69, 9.17) is 24.7 Å². The Morgan fingerprint density at radius 3 is 2.38 bits per heavy atom. The first-order valence-corrected chi connectivity index (χ1v) is 17.6. The van der Waals surface area contributed by atoms with Gasteiger partial charge in [0.05, 0.1) is 23.3 Å². The number of carbonyl (C=O) groups is 4. The molecule has 1 aliphatic heterocycles. The zero-order valence-electron chi connectivity index (χ0n) is 29.1. The average Bonchev–Trinajstić information content (AvgIpc) is 3.62. The van der Waals surface area contributed by atoms with Gasteiger partial charge < -0.3 is 39.7 Å². The minimum absolute atomic E-state index is 0.00353. The number of carbonyl (C=O) groups excluding carboxylic acids is 4. The van der Waals surface area contributed by atoms with Crippen LogP contribution in [0.1, 0.15) is 99.8 Å². The molecule has 11 nitrogen and oxygen atoms in total. The number of hydrogen-bond acceptors (Lipinski definition) is 11. The maximum absolute atomic E-state index is 14.8. The average molecular weight is 662 g/mol. The maximum Gasteiger partial charge on any atom is 0.303 e. The van der Waals surface area contributed by atoms with E-state index in [0.29, 0.717) is 19.1 Å². The summed E-state index contributed by atoms with van der Waals surface area (Å²) in [7, 11) is 0. The van der Waals surface area contributed by atoms with Crippen LogP contribution < -0.4 is 5.73 Å². The lowest BCUT2D eigenvalue weighted by atomic mass is 9.43. The summed E-state index contributed by atoms with van der Waals surface area (Å²) in [6.45, 7) is 12.2. The van der Waals surface area contributed by atoms with Gasteiger partial charge in [0.15, 0.2) is 11.9 Å². The van der Waals surface area contributed by atoms with Crippen LogP contribution in [0.4, 0.5) is 0 Å². The molecule has 47 heavy (non-hydrogen) atoms. The van der Waals surface area contributed by atoms with Gasteiger partial charge in [0, 0.05) is 12.8 Å². The summed E-state index contributed by atoms with van der Waals surface area (Å²) >= 11 is 0. The van der Waals surface area contributed by atoms with Gasteiger partial charge in [-0.2, -0.15) is 0 Å². The largest absolute Gasteiger partial charge is 0.457 e. The second-order valence-corrected chi connectivity index (χ2v) is 17.3. The number of ketones is 2. The molecule has 5 saturated carbocycles. The Balaban J connectivity index is 1.27. The summed E-state index contributed by atoms with van der Waals surface area (Å²) in [5.41, 5.74) is 4.34. The van der Waals surface area contributed by atoms with Crippen molar-refractivity contribution in [2.45, 2.75) is 142 Å². The molecule has 6 rings (SSSR count). The van der Waals surface area contributed by atoms with Crippen molar-refractivity contribution >= 4 is 23.8 Å². The van der Waals surface area contributed by atoms with E-state index in [0.717, 1.165) is 38.5 Å². The van der Waals surface area contributed by atoms with Crippen molar-refractivity contribution in [1.29, 1.82) is 0 Å². The Morgan fingerprint density at radius 1 is 1.11 bits per heavy atom. The van der Waals surface area contributed by atoms with Gasteiger partial charge in [-0.3, -0.25) is 14.4 Å². The van der Waals surface area contributed by atoms with E-state index < -0.39 is 59.5 Å². The Labute approximate surface area is 278 Å². The molecule has 6 aliphatic rings. The van der Waals surface area contributed by atoms with E-state index >= 15 is 0 Å². The molecule has 6 fully saturated rings. The fraction of sp³-hybridized carbons (Fsp3) is 0.889. The molecule has 1 heterocycles.